The first-order valence-corrected chi connectivity index (χ1v) is 6.57. The number of rotatable bonds is 3. The van der Waals surface area contributed by atoms with Gasteiger partial charge in [0.15, 0.2) is 0 Å². The van der Waals surface area contributed by atoms with Crippen molar-refractivity contribution >= 4 is 0 Å². The van der Waals surface area contributed by atoms with Crippen molar-refractivity contribution in [2.75, 3.05) is 19.6 Å². The maximum atomic E-state index is 5.94. The highest BCUT2D eigenvalue weighted by Gasteiger charge is 2.36. The lowest BCUT2D eigenvalue weighted by atomic mass is 9.87. The molecule has 2 aliphatic heterocycles. The van der Waals surface area contributed by atoms with Gasteiger partial charge in [0, 0.05) is 25.7 Å². The summed E-state index contributed by atoms with van der Waals surface area (Å²) in [6, 6.07) is 0.534. The summed E-state index contributed by atoms with van der Waals surface area (Å²) in [5.74, 6) is 0. The molecule has 3 heteroatoms. The number of hydrogen-bond acceptors (Lipinski definition) is 3. The Kier molecular flexibility index (Phi) is 3.57. The fourth-order valence-electron chi connectivity index (χ4n) is 3.01. The van der Waals surface area contributed by atoms with Crippen molar-refractivity contribution in [3.63, 3.8) is 0 Å². The molecule has 2 aliphatic rings. The van der Waals surface area contributed by atoms with Crippen LogP contribution in [0.5, 0.6) is 0 Å². The molecule has 2 bridgehead atoms. The van der Waals surface area contributed by atoms with E-state index in [0.717, 1.165) is 19.6 Å². The predicted molar refractivity (Wildman–Crippen MR) is 66.4 cm³/mol. The lowest BCUT2D eigenvalue weighted by Gasteiger charge is -2.39. The number of nitrogens with two attached hydrogens (primary N) is 1. The van der Waals surface area contributed by atoms with E-state index in [1.807, 2.05) is 0 Å². The van der Waals surface area contributed by atoms with Gasteiger partial charge in [-0.15, -0.1) is 0 Å². The molecule has 0 aromatic carbocycles. The molecule has 0 saturated carbocycles. The predicted octanol–water partition coefficient (Wildman–Crippen LogP) is 1.61. The van der Waals surface area contributed by atoms with Crippen molar-refractivity contribution in [1.82, 2.24) is 4.90 Å². The van der Waals surface area contributed by atoms with Crippen LogP contribution in [-0.2, 0) is 4.74 Å². The van der Waals surface area contributed by atoms with Crippen LogP contribution in [0.1, 0.15) is 40.0 Å². The highest BCUT2D eigenvalue weighted by Crippen LogP contribution is 2.30. The molecule has 0 aromatic heterocycles. The van der Waals surface area contributed by atoms with Gasteiger partial charge in [0.2, 0.25) is 0 Å². The molecule has 3 atom stereocenters. The Morgan fingerprint density at radius 2 is 1.81 bits per heavy atom. The Hall–Kier alpha value is -0.120. The summed E-state index contributed by atoms with van der Waals surface area (Å²) < 4.78 is 5.87. The van der Waals surface area contributed by atoms with E-state index in [-0.39, 0.29) is 0 Å². The quantitative estimate of drug-likeness (QED) is 0.794. The molecule has 2 N–H and O–H groups in total. The average molecular weight is 226 g/mol. The zero-order valence-corrected chi connectivity index (χ0v) is 10.9. The summed E-state index contributed by atoms with van der Waals surface area (Å²) in [4.78, 5) is 2.57. The van der Waals surface area contributed by atoms with E-state index in [1.54, 1.807) is 0 Å². The molecular weight excluding hydrogens is 200 g/mol. The molecule has 0 aromatic rings. The molecular formula is C13H26N2O. The standard InChI is InChI=1S/C13H26N2O/c1-13(2,3)6-10(7-14)15-8-11-4-5-12(9-15)16-11/h10-12H,4-9,14H2,1-3H3. The monoisotopic (exact) mass is 226 g/mol. The van der Waals surface area contributed by atoms with Gasteiger partial charge in [-0.05, 0) is 24.7 Å². The number of likely N-dealkylation sites (tertiary alicyclic amines) is 1. The highest BCUT2D eigenvalue weighted by atomic mass is 16.5. The van der Waals surface area contributed by atoms with Crippen LogP contribution in [0.15, 0.2) is 0 Å². The summed E-state index contributed by atoms with van der Waals surface area (Å²) in [7, 11) is 0. The topological polar surface area (TPSA) is 38.5 Å². The Bertz CT molecular complexity index is 225. The van der Waals surface area contributed by atoms with E-state index in [1.165, 1.54) is 19.3 Å². The summed E-state index contributed by atoms with van der Waals surface area (Å²) in [5.41, 5.74) is 6.30. The molecule has 2 heterocycles. The van der Waals surface area contributed by atoms with Gasteiger partial charge in [0.25, 0.3) is 0 Å². The lowest BCUT2D eigenvalue weighted by Crippen LogP contribution is -2.51. The Morgan fingerprint density at radius 3 is 2.25 bits per heavy atom. The molecule has 0 radical (unpaired) electrons. The number of fused-ring (bicyclic) bond motifs is 2. The minimum atomic E-state index is 0.362. The first-order chi connectivity index (χ1) is 7.48. The van der Waals surface area contributed by atoms with E-state index >= 15 is 0 Å². The SMILES string of the molecule is CC(C)(C)CC(CN)N1CC2CCC(C1)O2. The fraction of sp³-hybridized carbons (Fsp3) is 1.00. The number of nitrogens with zero attached hydrogens (tertiary/aromatic N) is 1. The molecule has 94 valence electrons. The van der Waals surface area contributed by atoms with Crippen molar-refractivity contribution in [3.8, 4) is 0 Å². The lowest BCUT2D eigenvalue weighted by molar-refractivity contribution is -0.0560. The minimum absolute atomic E-state index is 0.362. The van der Waals surface area contributed by atoms with E-state index in [0.29, 0.717) is 23.7 Å². The van der Waals surface area contributed by atoms with Crippen LogP contribution < -0.4 is 5.73 Å². The van der Waals surface area contributed by atoms with Crippen molar-refractivity contribution in [3.05, 3.63) is 0 Å². The summed E-state index contributed by atoms with van der Waals surface area (Å²) in [5, 5.41) is 0. The maximum Gasteiger partial charge on any atom is 0.0707 e. The van der Waals surface area contributed by atoms with Crippen LogP contribution in [-0.4, -0.2) is 42.8 Å². The van der Waals surface area contributed by atoms with Gasteiger partial charge in [-0.2, -0.15) is 0 Å². The van der Waals surface area contributed by atoms with Crippen molar-refractivity contribution in [2.24, 2.45) is 11.1 Å². The first-order valence-electron chi connectivity index (χ1n) is 6.57. The molecule has 3 unspecified atom stereocenters. The van der Waals surface area contributed by atoms with Crippen LogP contribution >= 0.6 is 0 Å². The smallest absolute Gasteiger partial charge is 0.0707 e. The van der Waals surface area contributed by atoms with Gasteiger partial charge in [0.05, 0.1) is 12.2 Å². The molecule has 2 rings (SSSR count). The van der Waals surface area contributed by atoms with Crippen molar-refractivity contribution in [1.29, 1.82) is 0 Å². The van der Waals surface area contributed by atoms with E-state index in [4.69, 9.17) is 10.5 Å². The third kappa shape index (κ3) is 2.96. The van der Waals surface area contributed by atoms with Crippen LogP contribution in [0.4, 0.5) is 0 Å². The second-order valence-corrected chi connectivity index (χ2v) is 6.57. The molecule has 0 aliphatic carbocycles. The molecule has 2 saturated heterocycles. The minimum Gasteiger partial charge on any atom is -0.372 e. The van der Waals surface area contributed by atoms with Gasteiger partial charge in [0.1, 0.15) is 0 Å². The normalized spacial score (nSPS) is 33.0. The van der Waals surface area contributed by atoms with Crippen LogP contribution in [0.2, 0.25) is 0 Å². The van der Waals surface area contributed by atoms with E-state index in [9.17, 15) is 0 Å². The zero-order valence-electron chi connectivity index (χ0n) is 10.9. The van der Waals surface area contributed by atoms with Gasteiger partial charge >= 0.3 is 0 Å². The second-order valence-electron chi connectivity index (χ2n) is 6.57. The van der Waals surface area contributed by atoms with Gasteiger partial charge in [-0.1, -0.05) is 20.8 Å². The van der Waals surface area contributed by atoms with Gasteiger partial charge in [-0.3, -0.25) is 4.90 Å². The summed E-state index contributed by atoms with van der Waals surface area (Å²) in [6.45, 7) is 9.85. The third-order valence-corrected chi connectivity index (χ3v) is 3.71. The average Bonchev–Trinajstić information content (AvgIpc) is 2.53. The first kappa shape index (κ1) is 12.3. The van der Waals surface area contributed by atoms with Crippen molar-refractivity contribution < 1.29 is 4.74 Å². The van der Waals surface area contributed by atoms with Crippen molar-refractivity contribution in [2.45, 2.75) is 58.3 Å². The molecule has 16 heavy (non-hydrogen) atoms. The second kappa shape index (κ2) is 4.63. The number of ether oxygens (including phenoxy) is 1. The van der Waals surface area contributed by atoms with Gasteiger partial charge in [-0.25, -0.2) is 0 Å². The molecule has 0 amide bonds. The maximum absolute atomic E-state index is 5.94. The summed E-state index contributed by atoms with van der Waals surface area (Å²) >= 11 is 0. The number of morpholine rings is 1. The molecule has 0 spiro atoms. The largest absolute Gasteiger partial charge is 0.372 e. The summed E-state index contributed by atoms with van der Waals surface area (Å²) in [6.07, 6.45) is 4.63. The van der Waals surface area contributed by atoms with Crippen LogP contribution in [0, 0.1) is 5.41 Å². The Labute approximate surface area is 99.3 Å². The van der Waals surface area contributed by atoms with E-state index < -0.39 is 0 Å². The van der Waals surface area contributed by atoms with Crippen LogP contribution in [0.3, 0.4) is 0 Å². The van der Waals surface area contributed by atoms with Gasteiger partial charge < -0.3 is 10.5 Å². The fourth-order valence-corrected chi connectivity index (χ4v) is 3.01. The Morgan fingerprint density at radius 1 is 1.25 bits per heavy atom. The Balaban J connectivity index is 1.94. The highest BCUT2D eigenvalue weighted by molar-refractivity contribution is 4.89. The third-order valence-electron chi connectivity index (χ3n) is 3.71. The molecule has 3 nitrogen and oxygen atoms in total. The number of hydrogen-bond donors (Lipinski definition) is 1. The zero-order chi connectivity index (χ0) is 11.8. The van der Waals surface area contributed by atoms with Crippen LogP contribution in [0.25, 0.3) is 0 Å². The molecule has 2 fully saturated rings. The van der Waals surface area contributed by atoms with E-state index in [2.05, 4.69) is 25.7 Å².